The van der Waals surface area contributed by atoms with Gasteiger partial charge in [0.05, 0.1) is 11.8 Å². The number of rotatable bonds is 13. The number of carbonyl (C=O) groups is 6. The van der Waals surface area contributed by atoms with Gasteiger partial charge in [-0.05, 0) is 82.1 Å². The van der Waals surface area contributed by atoms with Crippen LogP contribution >= 0.6 is 0 Å². The van der Waals surface area contributed by atoms with Gasteiger partial charge in [-0.1, -0.05) is 120 Å². The van der Waals surface area contributed by atoms with E-state index in [9.17, 15) is 33.9 Å². The first-order chi connectivity index (χ1) is 34.1. The molecule has 1 amide bonds. The predicted molar refractivity (Wildman–Crippen MR) is 276 cm³/mol. The number of nitrogens with one attached hydrogen (secondary N) is 1. The third-order valence-electron chi connectivity index (χ3n) is 13.3. The van der Waals surface area contributed by atoms with Crippen LogP contribution in [-0.2, 0) is 41.6 Å². The Morgan fingerprint density at radius 1 is 0.622 bits per heavy atom. The van der Waals surface area contributed by atoms with E-state index in [1.807, 2.05) is 94.4 Å². The highest BCUT2D eigenvalue weighted by atomic mass is 35.5. The number of amides is 1. The highest BCUT2D eigenvalue weighted by Crippen LogP contribution is 2.52. The molecule has 2 heterocycles. The maximum absolute atomic E-state index is 14.0. The monoisotopic (exact) mass is 1040 g/mol. The lowest BCUT2D eigenvalue weighted by molar-refractivity contribution is -0.358. The Morgan fingerprint density at radius 2 is 1.04 bits per heavy atom. The minimum absolute atomic E-state index is 0. The summed E-state index contributed by atoms with van der Waals surface area (Å²) in [6, 6.07) is 24.5. The molecule has 7 rings (SSSR count). The van der Waals surface area contributed by atoms with E-state index in [2.05, 4.69) is 31.8 Å². The summed E-state index contributed by atoms with van der Waals surface area (Å²) in [7, 11) is 0. The lowest BCUT2D eigenvalue weighted by atomic mass is 9.65. The molecule has 5 aromatic carbocycles. The number of carboxylic acid groups (broad SMARTS) is 1. The van der Waals surface area contributed by atoms with Gasteiger partial charge in [0, 0.05) is 46.5 Å². The summed E-state index contributed by atoms with van der Waals surface area (Å²) in [5, 5.41) is 15.8. The smallest absolute Gasteiger partial charge is 0.367 e. The van der Waals surface area contributed by atoms with Crippen molar-refractivity contribution in [1.29, 1.82) is 0 Å². The second-order valence-corrected chi connectivity index (χ2v) is 22.2. The summed E-state index contributed by atoms with van der Waals surface area (Å²) < 4.78 is 35.0. The van der Waals surface area contributed by atoms with Gasteiger partial charge in [-0.15, -0.1) is 0 Å². The number of fused-ring (bicyclic) bond motifs is 6. The highest BCUT2D eigenvalue weighted by molar-refractivity contribution is 6.01. The predicted octanol–water partition coefficient (Wildman–Crippen LogP) is 6.49. The van der Waals surface area contributed by atoms with Gasteiger partial charge in [0.2, 0.25) is 5.91 Å². The third-order valence-corrected chi connectivity index (χ3v) is 13.3. The topological polar surface area (TPSA) is 218 Å². The molecular weight excluding hydrogens is 968 g/mol. The lowest BCUT2D eigenvalue weighted by Crippen LogP contribution is -3.00. The molecule has 0 aromatic heterocycles. The number of esters is 4. The number of carbonyl (C=O) groups excluding carboxylic acids is 5. The summed E-state index contributed by atoms with van der Waals surface area (Å²) in [6.45, 7) is 21.7. The Hall–Kier alpha value is -6.71. The molecule has 2 aliphatic heterocycles. The number of hydrogen-bond donors (Lipinski definition) is 3. The van der Waals surface area contributed by atoms with E-state index in [0.717, 1.165) is 22.9 Å². The number of halogens is 1. The number of carboxylic acids is 1. The standard InChI is InChI=1S/C39H49NO8.C19H21NO5.ClH/c1-23(41)46-34-27-19-20-39(8,9)48-32(27)25-17-13-14-18-26(25)33(34)47-30(42)22-40-35(43)28(31(36(44)45)38(5,6)7)21-29(37(2,3)4)24-15-11-10-12-16-24;1-11(21)23-18-14-8-9-19(2,3)25-16(14)12-6-4-5-7-13(12)17(18)24-15(22)10-20;/h10-18,28-29,31H,19-22H2,1-9H3,(H,40,43)(H,44,45);4-7H,8-10,20H2,1-3H3;1H. The SMILES string of the molecule is CC(=O)Oc1c2c(c3ccccc3c1OC(=O)CNC(=O)C(CC(c1ccccc1)C(C)(C)C)C(C(=O)O)C(C)(C)C)OC(C)(C)CC2.CC(=O)Oc1c2c(c3ccccc3c1OC(=O)C[NH3+])OC(C)(C)CC2.[Cl-]. The minimum atomic E-state index is -1.08. The van der Waals surface area contributed by atoms with E-state index >= 15 is 0 Å². The number of benzene rings is 5. The summed E-state index contributed by atoms with van der Waals surface area (Å²) in [4.78, 5) is 76.0. The van der Waals surface area contributed by atoms with E-state index < -0.39 is 65.2 Å². The van der Waals surface area contributed by atoms with Crippen LogP contribution in [0.15, 0.2) is 78.9 Å². The van der Waals surface area contributed by atoms with Crippen LogP contribution in [0.1, 0.15) is 125 Å². The van der Waals surface area contributed by atoms with Crippen molar-refractivity contribution >= 4 is 57.3 Å². The second kappa shape index (κ2) is 23.2. The van der Waals surface area contributed by atoms with Gasteiger partial charge in [-0.25, -0.2) is 9.59 Å². The fourth-order valence-electron chi connectivity index (χ4n) is 9.78. The number of quaternary nitrogens is 1. The van der Waals surface area contributed by atoms with E-state index in [-0.39, 0.29) is 65.3 Å². The summed E-state index contributed by atoms with van der Waals surface area (Å²) in [5.74, 6) is -4.18. The van der Waals surface area contributed by atoms with Crippen molar-refractivity contribution in [2.45, 2.75) is 132 Å². The number of hydrogen-bond acceptors (Lipinski definition) is 12. The first-order valence-electron chi connectivity index (χ1n) is 24.8. The number of ether oxygens (including phenoxy) is 6. The fraction of sp³-hybridized carbons (Fsp3) is 0.448. The normalized spacial score (nSPS) is 15.6. The molecule has 5 N–H and O–H groups in total. The van der Waals surface area contributed by atoms with Crippen LogP contribution in [0.3, 0.4) is 0 Å². The molecule has 5 aromatic rings. The van der Waals surface area contributed by atoms with Crippen LogP contribution in [0.5, 0.6) is 34.5 Å². The summed E-state index contributed by atoms with van der Waals surface area (Å²) in [5.41, 5.74) is 4.11. The highest BCUT2D eigenvalue weighted by Gasteiger charge is 2.45. The van der Waals surface area contributed by atoms with Gasteiger partial charge in [0.15, 0.2) is 29.5 Å². The van der Waals surface area contributed by atoms with Crippen LogP contribution in [0.4, 0.5) is 0 Å². The van der Waals surface area contributed by atoms with Crippen molar-refractivity contribution in [3.8, 4) is 34.5 Å². The van der Waals surface area contributed by atoms with E-state index in [1.165, 1.54) is 13.8 Å². The van der Waals surface area contributed by atoms with Crippen molar-refractivity contribution < 1.29 is 80.4 Å². The first-order valence-corrected chi connectivity index (χ1v) is 24.8. The zero-order chi connectivity index (χ0) is 53.8. The number of aliphatic carboxylic acids is 1. The van der Waals surface area contributed by atoms with Gasteiger partial charge in [-0.2, -0.15) is 0 Å². The molecule has 0 saturated heterocycles. The third kappa shape index (κ3) is 13.7. The molecule has 0 bridgehead atoms. The van der Waals surface area contributed by atoms with E-state index in [1.54, 1.807) is 32.9 Å². The molecule has 3 atom stereocenters. The molecule has 2 aliphatic rings. The van der Waals surface area contributed by atoms with Gasteiger partial charge in [-0.3, -0.25) is 19.2 Å². The van der Waals surface area contributed by atoms with Crippen molar-refractivity contribution in [2.75, 3.05) is 13.1 Å². The summed E-state index contributed by atoms with van der Waals surface area (Å²) >= 11 is 0. The largest absolute Gasteiger partial charge is 1.00 e. The van der Waals surface area contributed by atoms with Gasteiger partial charge in [0.25, 0.3) is 0 Å². The Bertz CT molecular complexity index is 2920. The molecule has 0 saturated carbocycles. The molecular formula is C58H71ClN2O13. The molecule has 398 valence electrons. The van der Waals surface area contributed by atoms with Crippen LogP contribution < -0.4 is 51.9 Å². The van der Waals surface area contributed by atoms with Crippen molar-refractivity contribution in [1.82, 2.24) is 5.32 Å². The van der Waals surface area contributed by atoms with Crippen molar-refractivity contribution in [2.24, 2.45) is 22.7 Å². The van der Waals surface area contributed by atoms with Crippen LogP contribution in [0.2, 0.25) is 0 Å². The zero-order valence-corrected chi connectivity index (χ0v) is 45.4. The quantitative estimate of drug-likeness (QED) is 0.0850. The zero-order valence-electron chi connectivity index (χ0n) is 44.6. The average Bonchev–Trinajstić information content (AvgIpc) is 3.30. The maximum Gasteiger partial charge on any atom is 0.367 e. The second-order valence-electron chi connectivity index (χ2n) is 22.2. The van der Waals surface area contributed by atoms with E-state index in [4.69, 9.17) is 28.4 Å². The van der Waals surface area contributed by atoms with Crippen LogP contribution in [0, 0.1) is 22.7 Å². The Morgan fingerprint density at radius 3 is 1.43 bits per heavy atom. The Kier molecular flexibility index (Phi) is 18.3. The molecule has 16 heteroatoms. The molecule has 0 fully saturated rings. The first kappa shape index (κ1) is 58.2. The van der Waals surface area contributed by atoms with Crippen LogP contribution in [-0.4, -0.2) is 65.2 Å². The molecule has 0 radical (unpaired) electrons. The van der Waals surface area contributed by atoms with Crippen molar-refractivity contribution in [3.63, 3.8) is 0 Å². The fourth-order valence-corrected chi connectivity index (χ4v) is 9.78. The van der Waals surface area contributed by atoms with Crippen LogP contribution in [0.25, 0.3) is 21.5 Å². The maximum atomic E-state index is 14.0. The van der Waals surface area contributed by atoms with Gasteiger partial charge >= 0.3 is 29.8 Å². The average molecular weight is 1040 g/mol. The molecule has 0 aliphatic carbocycles. The minimum Gasteiger partial charge on any atom is -1.00 e. The Balaban J connectivity index is 0.000000327. The Labute approximate surface area is 439 Å². The van der Waals surface area contributed by atoms with Gasteiger partial charge in [0.1, 0.15) is 29.2 Å². The lowest BCUT2D eigenvalue weighted by Gasteiger charge is -2.38. The van der Waals surface area contributed by atoms with E-state index in [0.29, 0.717) is 52.5 Å². The summed E-state index contributed by atoms with van der Waals surface area (Å²) in [6.07, 6.45) is 2.85. The van der Waals surface area contributed by atoms with Crippen molar-refractivity contribution in [3.05, 3.63) is 95.6 Å². The van der Waals surface area contributed by atoms with Gasteiger partial charge < -0.3 is 57.0 Å². The molecule has 74 heavy (non-hydrogen) atoms. The molecule has 3 unspecified atom stereocenters. The molecule has 15 nitrogen and oxygen atoms in total. The molecule has 0 spiro atoms.